The molecule has 7 amide bonds. The molecule has 0 bridgehead atoms. The molecule has 3 heterocycles. The van der Waals surface area contributed by atoms with E-state index in [1.165, 1.54) is 62.8 Å². The zero-order valence-corrected chi connectivity index (χ0v) is 48.6. The van der Waals surface area contributed by atoms with Crippen molar-refractivity contribution in [2.24, 2.45) is 29.6 Å². The predicted octanol–water partition coefficient (Wildman–Crippen LogP) is 2.09. The number of Topliss-reactive ketones (excluding diaryl/α,β-unsaturated/α-hetero) is 1. The number of hydrogen-bond acceptors (Lipinski definition) is 15. The minimum atomic E-state index is -1.78. The Morgan fingerprint density at radius 1 is 0.899 bits per heavy atom. The summed E-state index contributed by atoms with van der Waals surface area (Å²) in [5.74, 6) is -10.5. The number of aliphatic hydroxyl groups is 2. The van der Waals surface area contributed by atoms with Crippen LogP contribution in [0, 0.1) is 29.6 Å². The van der Waals surface area contributed by atoms with Crippen molar-refractivity contribution < 1.29 is 72.4 Å². The summed E-state index contributed by atoms with van der Waals surface area (Å²) >= 11 is 0. The van der Waals surface area contributed by atoms with Crippen molar-refractivity contribution >= 4 is 59.1 Å². The molecule has 3 aliphatic heterocycles. The highest BCUT2D eigenvalue weighted by Crippen LogP contribution is 2.27. The average molecular weight is 1110 g/mol. The van der Waals surface area contributed by atoms with Gasteiger partial charge < -0.3 is 60.0 Å². The molecular formula is C57H87N7O15. The number of benzene rings is 1. The monoisotopic (exact) mass is 1110 g/mol. The smallest absolute Gasteiger partial charge is 0.329 e. The first-order valence-corrected chi connectivity index (χ1v) is 27.7. The molecule has 3 aliphatic rings. The SMILES string of the molecule is CC[C@H](C)C1NC(=O)C(NC(=O)[C@@H](CC(C)C)N(C)C(=O)[C@@H]2C=CCN2C(=O)[C@H](C)O)[C@@H](C)OC(=O)C(Cc2ccc(OC)cc2)N(C)C(=O)[C@@H]2CCCN2C(=O)C(CC(C)C)NC(=O)[C@@H](C)C(=O)C(C(C)C)OC(=O)C[C@@H]1O. The fraction of sp³-hybridized carbons (Fsp3) is 0.684. The molecule has 5 unspecified atom stereocenters. The van der Waals surface area contributed by atoms with Crippen LogP contribution in [0.15, 0.2) is 36.4 Å². The van der Waals surface area contributed by atoms with Gasteiger partial charge in [-0.1, -0.05) is 86.1 Å². The zero-order chi connectivity index (χ0) is 59.3. The van der Waals surface area contributed by atoms with Gasteiger partial charge >= 0.3 is 11.9 Å². The second-order valence-electron chi connectivity index (χ2n) is 22.6. The lowest BCUT2D eigenvalue weighted by molar-refractivity contribution is -0.163. The summed E-state index contributed by atoms with van der Waals surface area (Å²) in [7, 11) is 4.25. The highest BCUT2D eigenvalue weighted by Gasteiger charge is 2.45. The lowest BCUT2D eigenvalue weighted by atomic mass is 9.91. The van der Waals surface area contributed by atoms with Crippen LogP contribution >= 0.6 is 0 Å². The second kappa shape index (κ2) is 29.2. The molecule has 2 fully saturated rings. The summed E-state index contributed by atoms with van der Waals surface area (Å²) in [6.07, 6.45) is -2.77. The number of carbonyl (C=O) groups is 10. The Hall–Kier alpha value is -6.42. The van der Waals surface area contributed by atoms with Crippen molar-refractivity contribution in [3.63, 3.8) is 0 Å². The van der Waals surface area contributed by atoms with E-state index in [0.29, 0.717) is 24.2 Å². The molecule has 0 saturated carbocycles. The molecule has 0 aliphatic carbocycles. The number of ether oxygens (including phenoxy) is 3. The third-order valence-electron chi connectivity index (χ3n) is 15.2. The number of nitrogens with zero attached hydrogens (tertiary/aromatic N) is 4. The van der Waals surface area contributed by atoms with E-state index in [1.54, 1.807) is 58.0 Å². The van der Waals surface area contributed by atoms with Gasteiger partial charge in [0.1, 0.15) is 54.2 Å². The van der Waals surface area contributed by atoms with E-state index in [9.17, 15) is 58.2 Å². The van der Waals surface area contributed by atoms with Crippen LogP contribution in [0.5, 0.6) is 5.75 Å². The Bertz CT molecular complexity index is 2380. The summed E-state index contributed by atoms with van der Waals surface area (Å²) < 4.78 is 17.2. The number of methoxy groups -OCH3 is 1. The van der Waals surface area contributed by atoms with Gasteiger partial charge in [-0.15, -0.1) is 0 Å². The molecule has 1 aromatic carbocycles. The van der Waals surface area contributed by atoms with Crippen LogP contribution < -0.4 is 20.7 Å². The first-order valence-electron chi connectivity index (χ1n) is 27.7. The molecule has 4 rings (SSSR count). The molecular weight excluding hydrogens is 1020 g/mol. The fourth-order valence-corrected chi connectivity index (χ4v) is 10.2. The maximum atomic E-state index is 15.0. The van der Waals surface area contributed by atoms with Crippen LogP contribution in [0.25, 0.3) is 0 Å². The van der Waals surface area contributed by atoms with Crippen LogP contribution in [0.3, 0.4) is 0 Å². The van der Waals surface area contributed by atoms with Crippen molar-refractivity contribution in [1.82, 2.24) is 35.6 Å². The highest BCUT2D eigenvalue weighted by atomic mass is 16.6. The van der Waals surface area contributed by atoms with Crippen LogP contribution in [0.2, 0.25) is 0 Å². The quantitative estimate of drug-likeness (QED) is 0.0955. The van der Waals surface area contributed by atoms with Gasteiger partial charge in [0.25, 0.3) is 5.91 Å². The number of cyclic esters (lactones) is 2. The number of likely N-dealkylation sites (N-methyl/N-ethyl adjacent to an activating group) is 2. The Balaban J connectivity index is 1.89. The number of aliphatic hydroxyl groups excluding tert-OH is 2. The van der Waals surface area contributed by atoms with Crippen molar-refractivity contribution in [3.05, 3.63) is 42.0 Å². The first-order chi connectivity index (χ1) is 37.0. The molecule has 0 aromatic heterocycles. The van der Waals surface area contributed by atoms with Gasteiger partial charge in [-0.3, -0.25) is 43.2 Å². The van der Waals surface area contributed by atoms with E-state index >= 15 is 0 Å². The summed E-state index contributed by atoms with van der Waals surface area (Å²) in [5.41, 5.74) is 0.566. The third kappa shape index (κ3) is 16.8. The molecule has 22 heteroatoms. The topological polar surface area (TPSA) is 288 Å². The molecule has 440 valence electrons. The highest BCUT2D eigenvalue weighted by molar-refractivity contribution is 6.05. The van der Waals surface area contributed by atoms with Gasteiger partial charge in [0.05, 0.1) is 31.6 Å². The van der Waals surface area contributed by atoms with Gasteiger partial charge in [-0.05, 0) is 87.8 Å². The summed E-state index contributed by atoms with van der Waals surface area (Å²) in [5, 5.41) is 30.2. The summed E-state index contributed by atoms with van der Waals surface area (Å²) in [4.78, 5) is 148. The number of carbonyl (C=O) groups excluding carboxylic acids is 10. The van der Waals surface area contributed by atoms with Crippen LogP contribution in [0.4, 0.5) is 0 Å². The molecule has 22 nitrogen and oxygen atoms in total. The van der Waals surface area contributed by atoms with Crippen molar-refractivity contribution in [3.8, 4) is 5.75 Å². The van der Waals surface area contributed by atoms with Gasteiger partial charge in [0.2, 0.25) is 35.4 Å². The second-order valence-corrected chi connectivity index (χ2v) is 22.6. The number of hydrogen-bond donors (Lipinski definition) is 5. The number of fused-ring (bicyclic) bond motifs is 1. The number of esters is 2. The van der Waals surface area contributed by atoms with Crippen LogP contribution in [-0.4, -0.2) is 190 Å². The minimum Gasteiger partial charge on any atom is -0.497 e. The third-order valence-corrected chi connectivity index (χ3v) is 15.2. The lowest BCUT2D eigenvalue weighted by Gasteiger charge is -2.36. The predicted molar refractivity (Wildman–Crippen MR) is 290 cm³/mol. The van der Waals surface area contributed by atoms with Crippen LogP contribution in [0.1, 0.15) is 120 Å². The molecule has 5 N–H and O–H groups in total. The van der Waals surface area contributed by atoms with Gasteiger partial charge in [-0.25, -0.2) is 4.79 Å². The van der Waals surface area contributed by atoms with E-state index in [2.05, 4.69) is 16.0 Å². The number of amides is 7. The summed E-state index contributed by atoms with van der Waals surface area (Å²) in [6.45, 7) is 18.1. The minimum absolute atomic E-state index is 0.0330. The Morgan fingerprint density at radius 3 is 2.11 bits per heavy atom. The van der Waals surface area contributed by atoms with E-state index in [1.807, 2.05) is 27.7 Å². The largest absolute Gasteiger partial charge is 0.497 e. The summed E-state index contributed by atoms with van der Waals surface area (Å²) in [6, 6.07) is -2.45. The van der Waals surface area contributed by atoms with Crippen molar-refractivity contribution in [2.75, 3.05) is 34.3 Å². The normalized spacial score (nSPS) is 27.5. The van der Waals surface area contributed by atoms with Gasteiger partial charge in [0.15, 0.2) is 11.9 Å². The van der Waals surface area contributed by atoms with E-state index < -0.39 is 150 Å². The van der Waals surface area contributed by atoms with Gasteiger partial charge in [0, 0.05) is 33.6 Å². The lowest BCUT2D eigenvalue weighted by Crippen LogP contribution is -2.62. The molecule has 13 atom stereocenters. The number of nitrogens with one attached hydrogen (secondary N) is 3. The molecule has 1 aromatic rings. The van der Waals surface area contributed by atoms with Crippen LogP contribution in [-0.2, 0) is 63.8 Å². The Kier molecular flexibility index (Phi) is 24.0. The zero-order valence-electron chi connectivity index (χ0n) is 48.6. The number of ketones is 1. The fourth-order valence-electron chi connectivity index (χ4n) is 10.2. The number of rotatable bonds is 15. The molecule has 79 heavy (non-hydrogen) atoms. The molecule has 0 radical (unpaired) electrons. The molecule has 0 spiro atoms. The standard InChI is InChI=1S/C57H87N7O15/c1-15-33(8)46-44(66)29-45(67)79-49(32(6)7)48(68)34(9)50(69)58-39(26-30(2)3)54(73)64-25-17-19-41(64)56(75)62(13)43(28-37-20-22-38(77-14)23-21-37)57(76)78-36(11)47(52(71)59-46)60-51(70)42(27-31(4)5)61(12)55(74)40-18-16-24-63(40)53(72)35(10)65/h16,18,20-23,30-36,39-44,46-47,49,65-66H,15,17,19,24-29H2,1-14H3,(H,58,69)(H,59,71)(H,60,70)/t33-,34-,35-,36+,39?,40-,41-,42+,43?,44-,46?,47?,49?/m0/s1. The molecule has 2 saturated heterocycles. The Morgan fingerprint density at radius 2 is 1.54 bits per heavy atom. The Labute approximate surface area is 465 Å². The van der Waals surface area contributed by atoms with Crippen molar-refractivity contribution in [1.29, 1.82) is 0 Å². The average Bonchev–Trinajstić information content (AvgIpc) is 4.13. The van der Waals surface area contributed by atoms with Crippen molar-refractivity contribution in [2.45, 2.75) is 188 Å². The first kappa shape index (κ1) is 65.1. The maximum absolute atomic E-state index is 15.0. The maximum Gasteiger partial charge on any atom is 0.329 e. The van der Waals surface area contributed by atoms with E-state index in [4.69, 9.17) is 14.2 Å². The van der Waals surface area contributed by atoms with E-state index in [-0.39, 0.29) is 50.6 Å². The van der Waals surface area contributed by atoms with E-state index in [0.717, 1.165) is 4.90 Å². The van der Waals surface area contributed by atoms with Gasteiger partial charge in [-0.2, -0.15) is 0 Å².